The largest absolute Gasteiger partial charge is 0.496 e. The molecule has 7 heteroatoms. The van der Waals surface area contributed by atoms with Crippen molar-refractivity contribution in [3.8, 4) is 17.0 Å². The van der Waals surface area contributed by atoms with Crippen molar-refractivity contribution < 1.29 is 13.5 Å². The van der Waals surface area contributed by atoms with Gasteiger partial charge in [0.1, 0.15) is 29.5 Å². The van der Waals surface area contributed by atoms with Gasteiger partial charge in [0.05, 0.1) is 18.3 Å². The summed E-state index contributed by atoms with van der Waals surface area (Å²) in [5.74, 6) is 0.517. The minimum Gasteiger partial charge on any atom is -0.496 e. The molecule has 0 bridgehead atoms. The van der Waals surface area contributed by atoms with Crippen LogP contribution in [-0.2, 0) is 6.54 Å². The topological polar surface area (TPSA) is 52.0 Å². The molecule has 4 rings (SSSR count). The van der Waals surface area contributed by atoms with Crippen molar-refractivity contribution in [2.75, 3.05) is 19.0 Å². The summed E-state index contributed by atoms with van der Waals surface area (Å²) in [5, 5.41) is 3.97. The number of aryl methyl sites for hydroxylation is 1. The van der Waals surface area contributed by atoms with Crippen LogP contribution in [0.3, 0.4) is 0 Å². The van der Waals surface area contributed by atoms with Crippen LogP contribution < -0.4 is 10.1 Å². The molecule has 4 aromatic rings. The van der Waals surface area contributed by atoms with E-state index in [0.717, 1.165) is 11.1 Å². The summed E-state index contributed by atoms with van der Waals surface area (Å²) in [6.45, 7) is 2.99. The van der Waals surface area contributed by atoms with E-state index in [2.05, 4.69) is 21.4 Å². The minimum absolute atomic E-state index is 0.291. The van der Waals surface area contributed by atoms with E-state index in [1.54, 1.807) is 25.3 Å². The summed E-state index contributed by atoms with van der Waals surface area (Å²) < 4.78 is 35.1. The molecule has 0 saturated carbocycles. The number of benzene rings is 2. The lowest BCUT2D eigenvalue weighted by Gasteiger charge is -2.11. The number of nitrogens with zero attached hydrogens (tertiary/aromatic N) is 3. The minimum atomic E-state index is -0.442. The number of halogens is 2. The Morgan fingerprint density at radius 3 is 2.79 bits per heavy atom. The van der Waals surface area contributed by atoms with E-state index in [-0.39, 0.29) is 5.82 Å². The van der Waals surface area contributed by atoms with Crippen LogP contribution in [0.15, 0.2) is 48.8 Å². The van der Waals surface area contributed by atoms with Crippen LogP contribution in [0.2, 0.25) is 0 Å². The molecule has 29 heavy (non-hydrogen) atoms. The Bertz CT molecular complexity index is 1170. The fourth-order valence-corrected chi connectivity index (χ4v) is 3.41. The average molecular weight is 393 g/mol. The number of hydrogen-bond acceptors (Lipinski definition) is 4. The quantitative estimate of drug-likeness (QED) is 0.520. The van der Waals surface area contributed by atoms with Crippen LogP contribution in [0.4, 0.5) is 14.6 Å². The highest BCUT2D eigenvalue weighted by Gasteiger charge is 2.14. The molecule has 2 aromatic heterocycles. The standard InChI is InChI=1S/C22H19F2N4O/c1-14-10-17-20(29-2)7-6-18(24)22(17)28(14)9-8-25-21-12-19(26-13-27-21)15-4-3-5-16(23)11-15/h3-4,6-7,10-13H,8-9H2,1-2H3,(H,25,26,27). The SMILES string of the molecule is COc1ccc(F)c2c1cc(C)n2CCNc1cc(-c2cc[c]c(F)c2)ncn1. The van der Waals surface area contributed by atoms with Crippen LogP contribution >= 0.6 is 0 Å². The van der Waals surface area contributed by atoms with Gasteiger partial charge in [-0.2, -0.15) is 0 Å². The van der Waals surface area contributed by atoms with Gasteiger partial charge >= 0.3 is 0 Å². The number of fused-ring (bicyclic) bond motifs is 1. The summed E-state index contributed by atoms with van der Waals surface area (Å²) >= 11 is 0. The number of ether oxygens (including phenoxy) is 1. The molecule has 0 spiro atoms. The molecule has 0 atom stereocenters. The predicted octanol–water partition coefficient (Wildman–Crippen LogP) is 4.61. The summed E-state index contributed by atoms with van der Waals surface area (Å²) in [7, 11) is 1.57. The van der Waals surface area contributed by atoms with Crippen LogP contribution in [0.25, 0.3) is 22.2 Å². The van der Waals surface area contributed by atoms with Crippen molar-refractivity contribution in [3.63, 3.8) is 0 Å². The second kappa shape index (κ2) is 7.87. The van der Waals surface area contributed by atoms with Gasteiger partial charge < -0.3 is 14.6 Å². The van der Waals surface area contributed by atoms with Crippen LogP contribution in [-0.4, -0.2) is 28.2 Å². The Labute approximate surface area is 167 Å². The lowest BCUT2D eigenvalue weighted by molar-refractivity contribution is 0.419. The van der Waals surface area contributed by atoms with Gasteiger partial charge in [-0.05, 0) is 31.2 Å². The second-order valence-corrected chi connectivity index (χ2v) is 6.59. The Morgan fingerprint density at radius 2 is 2.00 bits per heavy atom. The molecule has 2 heterocycles. The number of methoxy groups -OCH3 is 1. The molecule has 0 unspecified atom stereocenters. The first-order chi connectivity index (χ1) is 14.1. The van der Waals surface area contributed by atoms with Crippen LogP contribution in [0.5, 0.6) is 5.75 Å². The highest BCUT2D eigenvalue weighted by molar-refractivity contribution is 5.88. The summed E-state index contributed by atoms with van der Waals surface area (Å²) in [6.07, 6.45) is 1.42. The summed E-state index contributed by atoms with van der Waals surface area (Å²) in [4.78, 5) is 8.40. The molecule has 1 radical (unpaired) electrons. The van der Waals surface area contributed by atoms with Gasteiger partial charge in [-0.15, -0.1) is 0 Å². The Kier molecular flexibility index (Phi) is 5.12. The van der Waals surface area contributed by atoms with Gasteiger partial charge in [-0.25, -0.2) is 18.7 Å². The molecule has 0 aliphatic heterocycles. The number of hydrogen-bond donors (Lipinski definition) is 1. The molecular formula is C22H19F2N4O. The number of rotatable bonds is 6. The van der Waals surface area contributed by atoms with E-state index < -0.39 is 5.82 Å². The van der Waals surface area contributed by atoms with E-state index >= 15 is 0 Å². The molecule has 5 nitrogen and oxygen atoms in total. The maximum atomic E-state index is 14.4. The Morgan fingerprint density at radius 1 is 1.14 bits per heavy atom. The molecular weight excluding hydrogens is 374 g/mol. The van der Waals surface area contributed by atoms with Gasteiger partial charge in [0.25, 0.3) is 0 Å². The summed E-state index contributed by atoms with van der Waals surface area (Å²) in [5.41, 5.74) is 2.70. The van der Waals surface area contributed by atoms with E-state index in [0.29, 0.717) is 41.4 Å². The normalized spacial score (nSPS) is 11.0. The zero-order valence-electron chi connectivity index (χ0n) is 16.0. The Balaban J connectivity index is 1.53. The van der Waals surface area contributed by atoms with E-state index in [9.17, 15) is 8.78 Å². The van der Waals surface area contributed by atoms with Crippen molar-refractivity contribution in [1.29, 1.82) is 0 Å². The van der Waals surface area contributed by atoms with Gasteiger partial charge in [0, 0.05) is 41.9 Å². The molecule has 0 amide bonds. The van der Waals surface area contributed by atoms with Crippen molar-refractivity contribution in [3.05, 3.63) is 72.2 Å². The van der Waals surface area contributed by atoms with Gasteiger partial charge in [-0.1, -0.05) is 12.1 Å². The van der Waals surface area contributed by atoms with Gasteiger partial charge in [-0.3, -0.25) is 0 Å². The van der Waals surface area contributed by atoms with E-state index in [1.165, 1.54) is 24.5 Å². The molecule has 0 saturated heterocycles. The monoisotopic (exact) mass is 393 g/mol. The first-order valence-electron chi connectivity index (χ1n) is 9.12. The third-order valence-corrected chi connectivity index (χ3v) is 4.77. The first-order valence-corrected chi connectivity index (χ1v) is 9.12. The fourth-order valence-electron chi connectivity index (χ4n) is 3.41. The summed E-state index contributed by atoms with van der Waals surface area (Å²) in [6, 6.07) is 13.8. The van der Waals surface area contributed by atoms with Gasteiger partial charge in [0.15, 0.2) is 0 Å². The second-order valence-electron chi connectivity index (χ2n) is 6.59. The van der Waals surface area contributed by atoms with Crippen molar-refractivity contribution in [2.24, 2.45) is 0 Å². The molecule has 0 fully saturated rings. The number of nitrogens with one attached hydrogen (secondary N) is 1. The molecule has 2 aromatic carbocycles. The number of anilines is 1. The molecule has 147 valence electrons. The maximum absolute atomic E-state index is 14.4. The predicted molar refractivity (Wildman–Crippen MR) is 108 cm³/mol. The lowest BCUT2D eigenvalue weighted by atomic mass is 10.1. The zero-order valence-corrected chi connectivity index (χ0v) is 16.0. The van der Waals surface area contributed by atoms with Gasteiger partial charge in [0.2, 0.25) is 0 Å². The third kappa shape index (κ3) is 3.76. The Hall–Kier alpha value is -3.48. The molecule has 1 N–H and O–H groups in total. The highest BCUT2D eigenvalue weighted by Crippen LogP contribution is 2.30. The number of aromatic nitrogens is 3. The maximum Gasteiger partial charge on any atom is 0.147 e. The van der Waals surface area contributed by atoms with Crippen LogP contribution in [0.1, 0.15) is 5.69 Å². The molecule has 0 aliphatic carbocycles. The van der Waals surface area contributed by atoms with Crippen molar-refractivity contribution >= 4 is 16.7 Å². The van der Waals surface area contributed by atoms with E-state index in [1.807, 2.05) is 17.6 Å². The van der Waals surface area contributed by atoms with E-state index in [4.69, 9.17) is 4.74 Å². The van der Waals surface area contributed by atoms with Crippen LogP contribution in [0, 0.1) is 24.6 Å². The van der Waals surface area contributed by atoms with Crippen molar-refractivity contribution in [2.45, 2.75) is 13.5 Å². The lowest BCUT2D eigenvalue weighted by Crippen LogP contribution is -2.13. The third-order valence-electron chi connectivity index (χ3n) is 4.77. The fraction of sp³-hybridized carbons (Fsp3) is 0.182. The average Bonchev–Trinajstić information content (AvgIpc) is 3.06. The first kappa shape index (κ1) is 18.9. The molecule has 0 aliphatic rings. The highest BCUT2D eigenvalue weighted by atomic mass is 19.1. The van der Waals surface area contributed by atoms with Crippen molar-refractivity contribution in [1.82, 2.24) is 14.5 Å². The zero-order chi connectivity index (χ0) is 20.4. The smallest absolute Gasteiger partial charge is 0.147 e.